The first-order chi connectivity index (χ1) is 10.3. The van der Waals surface area contributed by atoms with Crippen LogP contribution < -0.4 is 10.2 Å². The van der Waals surface area contributed by atoms with Crippen molar-refractivity contribution in [2.24, 2.45) is 0 Å². The number of nitrogens with zero attached hydrogens (tertiary/aromatic N) is 2. The number of aromatic nitrogens is 1. The van der Waals surface area contributed by atoms with Gasteiger partial charge in [0.05, 0.1) is 0 Å². The SMILES string of the molecule is CCNC(C)c1cnc(N2CCCc3ccccc3C2)s1. The summed E-state index contributed by atoms with van der Waals surface area (Å²) in [7, 11) is 0. The van der Waals surface area contributed by atoms with E-state index in [-0.39, 0.29) is 0 Å². The summed E-state index contributed by atoms with van der Waals surface area (Å²) in [6, 6.07) is 9.19. The van der Waals surface area contributed by atoms with E-state index in [2.05, 4.69) is 53.3 Å². The zero-order valence-electron chi connectivity index (χ0n) is 12.8. The van der Waals surface area contributed by atoms with E-state index in [1.54, 1.807) is 0 Å². The van der Waals surface area contributed by atoms with E-state index in [1.165, 1.54) is 28.8 Å². The number of fused-ring (bicyclic) bond motifs is 1. The summed E-state index contributed by atoms with van der Waals surface area (Å²) in [5.41, 5.74) is 2.95. The molecule has 4 heteroatoms. The number of rotatable bonds is 4. The molecule has 0 aliphatic carbocycles. The van der Waals surface area contributed by atoms with Crippen LogP contribution in [0.25, 0.3) is 0 Å². The van der Waals surface area contributed by atoms with Gasteiger partial charge in [-0.1, -0.05) is 31.2 Å². The smallest absolute Gasteiger partial charge is 0.185 e. The second-order valence-electron chi connectivity index (χ2n) is 5.62. The number of nitrogens with one attached hydrogen (secondary N) is 1. The molecule has 1 N–H and O–H groups in total. The molecular formula is C17H23N3S. The van der Waals surface area contributed by atoms with Gasteiger partial charge in [-0.25, -0.2) is 4.98 Å². The Balaban J connectivity index is 1.78. The van der Waals surface area contributed by atoms with Crippen LogP contribution in [0.4, 0.5) is 5.13 Å². The molecule has 1 unspecified atom stereocenters. The molecule has 0 saturated carbocycles. The molecule has 0 spiro atoms. The zero-order valence-corrected chi connectivity index (χ0v) is 13.6. The van der Waals surface area contributed by atoms with Gasteiger partial charge >= 0.3 is 0 Å². The third-order valence-electron chi connectivity index (χ3n) is 4.07. The summed E-state index contributed by atoms with van der Waals surface area (Å²) in [5, 5.41) is 4.62. The fourth-order valence-corrected chi connectivity index (χ4v) is 3.86. The third kappa shape index (κ3) is 3.27. The summed E-state index contributed by atoms with van der Waals surface area (Å²) in [4.78, 5) is 8.41. The molecule has 3 rings (SSSR count). The maximum Gasteiger partial charge on any atom is 0.185 e. The molecule has 1 atom stereocenters. The fourth-order valence-electron chi connectivity index (χ4n) is 2.89. The molecule has 3 nitrogen and oxygen atoms in total. The molecule has 112 valence electrons. The summed E-state index contributed by atoms with van der Waals surface area (Å²) in [6.45, 7) is 7.42. The fraction of sp³-hybridized carbons (Fsp3) is 0.471. The van der Waals surface area contributed by atoms with Gasteiger partial charge in [0.15, 0.2) is 5.13 Å². The predicted molar refractivity (Wildman–Crippen MR) is 90.0 cm³/mol. The van der Waals surface area contributed by atoms with Gasteiger partial charge in [0, 0.05) is 30.2 Å². The van der Waals surface area contributed by atoms with E-state index >= 15 is 0 Å². The molecule has 2 aromatic rings. The summed E-state index contributed by atoms with van der Waals surface area (Å²) in [5.74, 6) is 0. The minimum absolute atomic E-state index is 0.389. The largest absolute Gasteiger partial charge is 0.344 e. The molecule has 0 fully saturated rings. The Bertz CT molecular complexity index is 593. The molecule has 1 aromatic carbocycles. The highest BCUT2D eigenvalue weighted by molar-refractivity contribution is 7.15. The maximum absolute atomic E-state index is 4.66. The van der Waals surface area contributed by atoms with Crippen LogP contribution in [-0.4, -0.2) is 18.1 Å². The van der Waals surface area contributed by atoms with Crippen molar-refractivity contribution in [1.82, 2.24) is 10.3 Å². The van der Waals surface area contributed by atoms with Crippen LogP contribution in [0.3, 0.4) is 0 Å². The normalized spacial score (nSPS) is 16.4. The van der Waals surface area contributed by atoms with Crippen molar-refractivity contribution < 1.29 is 0 Å². The Labute approximate surface area is 131 Å². The molecular weight excluding hydrogens is 278 g/mol. The molecule has 1 aliphatic rings. The van der Waals surface area contributed by atoms with Crippen LogP contribution in [0.2, 0.25) is 0 Å². The minimum Gasteiger partial charge on any atom is -0.344 e. The lowest BCUT2D eigenvalue weighted by atomic mass is 10.0. The first-order valence-corrected chi connectivity index (χ1v) is 8.60. The van der Waals surface area contributed by atoms with E-state index in [9.17, 15) is 0 Å². The highest BCUT2D eigenvalue weighted by Crippen LogP contribution is 2.30. The van der Waals surface area contributed by atoms with Crippen LogP contribution in [0, 0.1) is 0 Å². The first-order valence-electron chi connectivity index (χ1n) is 7.78. The average molecular weight is 301 g/mol. The van der Waals surface area contributed by atoms with Gasteiger partial charge < -0.3 is 10.2 Å². The van der Waals surface area contributed by atoms with Crippen molar-refractivity contribution >= 4 is 16.5 Å². The van der Waals surface area contributed by atoms with Crippen molar-refractivity contribution in [3.8, 4) is 0 Å². The number of hydrogen-bond donors (Lipinski definition) is 1. The number of aryl methyl sites for hydroxylation is 1. The lowest BCUT2D eigenvalue weighted by Crippen LogP contribution is -2.22. The Morgan fingerprint density at radius 2 is 2.14 bits per heavy atom. The van der Waals surface area contributed by atoms with E-state index in [0.717, 1.165) is 24.8 Å². The highest BCUT2D eigenvalue weighted by atomic mass is 32.1. The van der Waals surface area contributed by atoms with Crippen LogP contribution >= 0.6 is 11.3 Å². The number of benzene rings is 1. The monoisotopic (exact) mass is 301 g/mol. The van der Waals surface area contributed by atoms with Gasteiger partial charge in [-0.05, 0) is 37.4 Å². The Morgan fingerprint density at radius 1 is 1.33 bits per heavy atom. The van der Waals surface area contributed by atoms with E-state index in [4.69, 9.17) is 0 Å². The molecule has 21 heavy (non-hydrogen) atoms. The topological polar surface area (TPSA) is 28.2 Å². The highest BCUT2D eigenvalue weighted by Gasteiger charge is 2.18. The van der Waals surface area contributed by atoms with Crippen LogP contribution in [0.15, 0.2) is 30.5 Å². The second-order valence-corrected chi connectivity index (χ2v) is 6.66. The van der Waals surface area contributed by atoms with E-state index in [1.807, 2.05) is 17.5 Å². The van der Waals surface area contributed by atoms with Crippen LogP contribution in [-0.2, 0) is 13.0 Å². The van der Waals surface area contributed by atoms with Gasteiger partial charge in [-0.3, -0.25) is 0 Å². The molecule has 2 heterocycles. The number of anilines is 1. The van der Waals surface area contributed by atoms with Crippen molar-refractivity contribution in [2.45, 2.75) is 39.3 Å². The molecule has 1 aromatic heterocycles. The first kappa shape index (κ1) is 14.5. The quantitative estimate of drug-likeness (QED) is 0.932. The van der Waals surface area contributed by atoms with Gasteiger partial charge in [-0.15, -0.1) is 11.3 Å². The Kier molecular flexibility index (Phi) is 4.56. The van der Waals surface area contributed by atoms with Gasteiger partial charge in [0.2, 0.25) is 0 Å². The summed E-state index contributed by atoms with van der Waals surface area (Å²) < 4.78 is 0. The molecule has 0 bridgehead atoms. The summed E-state index contributed by atoms with van der Waals surface area (Å²) >= 11 is 1.82. The van der Waals surface area contributed by atoms with Crippen molar-refractivity contribution in [3.63, 3.8) is 0 Å². The standard InChI is InChI=1S/C17H23N3S/c1-3-18-13(2)16-11-19-17(21-16)20-10-6-9-14-7-4-5-8-15(14)12-20/h4-5,7-8,11,13,18H,3,6,9-10,12H2,1-2H3. The van der Waals surface area contributed by atoms with E-state index < -0.39 is 0 Å². The third-order valence-corrected chi connectivity index (χ3v) is 5.31. The van der Waals surface area contributed by atoms with Gasteiger partial charge in [0.1, 0.15) is 0 Å². The molecule has 0 amide bonds. The lowest BCUT2D eigenvalue weighted by molar-refractivity contribution is 0.606. The van der Waals surface area contributed by atoms with Gasteiger partial charge in [0.25, 0.3) is 0 Å². The minimum atomic E-state index is 0.389. The summed E-state index contributed by atoms with van der Waals surface area (Å²) in [6.07, 6.45) is 4.41. The average Bonchev–Trinajstić information content (AvgIpc) is 2.88. The van der Waals surface area contributed by atoms with Crippen LogP contribution in [0.5, 0.6) is 0 Å². The maximum atomic E-state index is 4.66. The molecule has 1 aliphatic heterocycles. The predicted octanol–water partition coefficient (Wildman–Crippen LogP) is 3.77. The Hall–Kier alpha value is -1.39. The van der Waals surface area contributed by atoms with Crippen molar-refractivity contribution in [1.29, 1.82) is 0 Å². The van der Waals surface area contributed by atoms with E-state index in [0.29, 0.717) is 6.04 Å². The Morgan fingerprint density at radius 3 is 2.95 bits per heavy atom. The molecule has 0 radical (unpaired) electrons. The van der Waals surface area contributed by atoms with Crippen LogP contribution in [0.1, 0.15) is 42.3 Å². The zero-order chi connectivity index (χ0) is 14.7. The number of thiazole rings is 1. The van der Waals surface area contributed by atoms with Crippen molar-refractivity contribution in [2.75, 3.05) is 18.0 Å². The van der Waals surface area contributed by atoms with Gasteiger partial charge in [-0.2, -0.15) is 0 Å². The second kappa shape index (κ2) is 6.58. The number of hydrogen-bond acceptors (Lipinski definition) is 4. The van der Waals surface area contributed by atoms with Crippen molar-refractivity contribution in [3.05, 3.63) is 46.5 Å². The lowest BCUT2D eigenvalue weighted by Gasteiger charge is -2.19. The molecule has 0 saturated heterocycles.